The fraction of sp³-hybridized carbons (Fsp3) is 0.471. The van der Waals surface area contributed by atoms with Crippen LogP contribution in [0, 0.1) is 12.7 Å². The average Bonchev–Trinajstić information content (AvgIpc) is 3.15. The number of halogens is 1. The van der Waals surface area contributed by atoms with E-state index < -0.39 is 0 Å². The molecule has 0 atom stereocenters. The van der Waals surface area contributed by atoms with Gasteiger partial charge >= 0.3 is 0 Å². The zero-order valence-corrected chi connectivity index (χ0v) is 13.1. The lowest BCUT2D eigenvalue weighted by Gasteiger charge is -2.25. The van der Waals surface area contributed by atoms with Crippen LogP contribution >= 0.6 is 0 Å². The molecule has 3 rings (SSSR count). The molecule has 1 saturated carbocycles. The van der Waals surface area contributed by atoms with Crippen LogP contribution in [-0.2, 0) is 5.54 Å². The largest absolute Gasteiger partial charge is 0.383 e. The molecule has 21 heavy (non-hydrogen) atoms. The second kappa shape index (κ2) is 4.58. The normalized spacial score (nSPS) is 15.5. The molecule has 4 heteroatoms. The molecule has 1 fully saturated rings. The van der Waals surface area contributed by atoms with Crippen LogP contribution < -0.4 is 5.73 Å². The maximum atomic E-state index is 13.6. The number of nitrogens with two attached hydrogens (primary N) is 1. The molecule has 2 N–H and O–H groups in total. The highest BCUT2D eigenvalue weighted by molar-refractivity contribution is 5.74. The van der Waals surface area contributed by atoms with E-state index in [4.69, 9.17) is 10.7 Å². The molecule has 3 nitrogen and oxygen atoms in total. The van der Waals surface area contributed by atoms with E-state index in [-0.39, 0.29) is 11.4 Å². The summed E-state index contributed by atoms with van der Waals surface area (Å²) in [5.41, 5.74) is 8.75. The maximum Gasteiger partial charge on any atom is 0.132 e. The second-order valence-corrected chi connectivity index (χ2v) is 6.94. The molecule has 0 amide bonds. The summed E-state index contributed by atoms with van der Waals surface area (Å²) in [7, 11) is 0. The van der Waals surface area contributed by atoms with E-state index >= 15 is 0 Å². The van der Waals surface area contributed by atoms with E-state index in [2.05, 4.69) is 25.3 Å². The number of hydrogen-bond acceptors (Lipinski definition) is 2. The predicted molar refractivity (Wildman–Crippen MR) is 83.7 cm³/mol. The van der Waals surface area contributed by atoms with Crippen LogP contribution in [0.15, 0.2) is 18.2 Å². The van der Waals surface area contributed by atoms with Gasteiger partial charge in [0.1, 0.15) is 23.2 Å². The summed E-state index contributed by atoms with van der Waals surface area (Å²) in [5.74, 6) is 1.92. The van der Waals surface area contributed by atoms with Gasteiger partial charge in [0, 0.05) is 17.0 Å². The highest BCUT2D eigenvalue weighted by Crippen LogP contribution is 2.44. The quantitative estimate of drug-likeness (QED) is 0.899. The lowest BCUT2D eigenvalue weighted by atomic mass is 10.0. The van der Waals surface area contributed by atoms with Gasteiger partial charge in [0.2, 0.25) is 0 Å². The molecule has 1 aliphatic rings. The monoisotopic (exact) mass is 287 g/mol. The lowest BCUT2D eigenvalue weighted by molar-refractivity contribution is 0.388. The lowest BCUT2D eigenvalue weighted by Crippen LogP contribution is -2.25. The molecule has 1 aromatic heterocycles. The summed E-state index contributed by atoms with van der Waals surface area (Å²) in [5, 5.41) is 0. The number of nitrogen functional groups attached to an aromatic ring is 1. The molecule has 1 aromatic carbocycles. The Kier molecular flexibility index (Phi) is 3.08. The van der Waals surface area contributed by atoms with Crippen molar-refractivity contribution >= 4 is 5.82 Å². The Balaban J connectivity index is 2.22. The molecule has 112 valence electrons. The van der Waals surface area contributed by atoms with E-state index in [1.807, 2.05) is 6.92 Å². The third-order valence-electron chi connectivity index (χ3n) is 4.01. The van der Waals surface area contributed by atoms with E-state index in [9.17, 15) is 4.39 Å². The van der Waals surface area contributed by atoms with Crippen LogP contribution in [0.4, 0.5) is 10.2 Å². The summed E-state index contributed by atoms with van der Waals surface area (Å²) in [4.78, 5) is 4.78. The smallest absolute Gasteiger partial charge is 0.132 e. The van der Waals surface area contributed by atoms with Crippen LogP contribution in [-0.4, -0.2) is 9.55 Å². The van der Waals surface area contributed by atoms with Gasteiger partial charge in [0.05, 0.1) is 0 Å². The Bertz CT molecular complexity index is 691. The first-order valence-corrected chi connectivity index (χ1v) is 7.44. The van der Waals surface area contributed by atoms with Gasteiger partial charge in [-0.3, -0.25) is 0 Å². The number of hydrogen-bond donors (Lipinski definition) is 1. The number of rotatable bonds is 2. The number of benzene rings is 1. The maximum absolute atomic E-state index is 13.6. The third kappa shape index (κ3) is 2.43. The highest BCUT2D eigenvalue weighted by atomic mass is 19.1. The first-order chi connectivity index (χ1) is 9.79. The average molecular weight is 287 g/mol. The molecule has 0 bridgehead atoms. The van der Waals surface area contributed by atoms with Crippen molar-refractivity contribution in [2.45, 2.75) is 52.0 Å². The summed E-state index contributed by atoms with van der Waals surface area (Å²) in [6, 6.07) is 4.77. The Morgan fingerprint density at radius 2 is 1.95 bits per heavy atom. The van der Waals surface area contributed by atoms with Gasteiger partial charge in [-0.1, -0.05) is 6.07 Å². The highest BCUT2D eigenvalue weighted by Gasteiger charge is 2.34. The Labute approximate surface area is 125 Å². The van der Waals surface area contributed by atoms with Gasteiger partial charge < -0.3 is 10.3 Å². The van der Waals surface area contributed by atoms with Crippen LogP contribution in [0.25, 0.3) is 11.3 Å². The standard InChI is InChI=1S/C17H22FN3/c1-10-5-8-12(18)9-13(10)14-15(19)21(17(2,3)4)16(20-14)11-6-7-11/h5,8-9,11H,6-7,19H2,1-4H3. The molecule has 0 unspecified atom stereocenters. The number of aromatic nitrogens is 2. The predicted octanol–water partition coefficient (Wildman–Crippen LogP) is 4.21. The SMILES string of the molecule is Cc1ccc(F)cc1-c1nc(C2CC2)n(C(C)(C)C)c1N. The molecule has 0 aliphatic heterocycles. The summed E-state index contributed by atoms with van der Waals surface area (Å²) in [6.07, 6.45) is 2.32. The first-order valence-electron chi connectivity index (χ1n) is 7.44. The van der Waals surface area contributed by atoms with Crippen molar-refractivity contribution in [3.05, 3.63) is 35.4 Å². The van der Waals surface area contributed by atoms with Crippen LogP contribution in [0.2, 0.25) is 0 Å². The summed E-state index contributed by atoms with van der Waals surface area (Å²) in [6.45, 7) is 8.33. The first kappa shape index (κ1) is 14.1. The van der Waals surface area contributed by atoms with E-state index in [1.165, 1.54) is 12.1 Å². The molecule has 0 saturated heterocycles. The zero-order valence-electron chi connectivity index (χ0n) is 13.1. The Morgan fingerprint density at radius 1 is 1.29 bits per heavy atom. The fourth-order valence-corrected chi connectivity index (χ4v) is 2.82. The van der Waals surface area contributed by atoms with Crippen LogP contribution in [0.3, 0.4) is 0 Å². The van der Waals surface area contributed by atoms with Gasteiger partial charge in [-0.15, -0.1) is 0 Å². The van der Waals surface area contributed by atoms with Crippen LogP contribution in [0.1, 0.15) is 50.9 Å². The van der Waals surface area contributed by atoms with Gasteiger partial charge in [-0.05, 0) is 58.2 Å². The van der Waals surface area contributed by atoms with Crippen LogP contribution in [0.5, 0.6) is 0 Å². The minimum Gasteiger partial charge on any atom is -0.383 e. The summed E-state index contributed by atoms with van der Waals surface area (Å²) >= 11 is 0. The molecule has 0 spiro atoms. The Hall–Kier alpha value is -1.84. The second-order valence-electron chi connectivity index (χ2n) is 6.94. The van der Waals surface area contributed by atoms with E-state index in [1.54, 1.807) is 6.07 Å². The van der Waals surface area contributed by atoms with Crippen molar-refractivity contribution in [3.8, 4) is 11.3 Å². The topological polar surface area (TPSA) is 43.8 Å². The van der Waals surface area contributed by atoms with Crippen molar-refractivity contribution < 1.29 is 4.39 Å². The molecular weight excluding hydrogens is 265 g/mol. The minimum atomic E-state index is -0.256. The van der Waals surface area contributed by atoms with Crippen molar-refractivity contribution in [2.24, 2.45) is 0 Å². The summed E-state index contributed by atoms with van der Waals surface area (Å²) < 4.78 is 15.7. The van der Waals surface area contributed by atoms with Gasteiger partial charge in [-0.2, -0.15) is 0 Å². The fourth-order valence-electron chi connectivity index (χ4n) is 2.82. The van der Waals surface area contributed by atoms with Gasteiger partial charge in [-0.25, -0.2) is 9.37 Å². The van der Waals surface area contributed by atoms with Gasteiger partial charge in [0.25, 0.3) is 0 Å². The van der Waals surface area contributed by atoms with Crippen molar-refractivity contribution in [2.75, 3.05) is 5.73 Å². The van der Waals surface area contributed by atoms with Crippen molar-refractivity contribution in [1.82, 2.24) is 9.55 Å². The van der Waals surface area contributed by atoms with Crippen molar-refractivity contribution in [1.29, 1.82) is 0 Å². The molecular formula is C17H22FN3. The van der Waals surface area contributed by atoms with Gasteiger partial charge in [0.15, 0.2) is 0 Å². The number of aryl methyl sites for hydroxylation is 1. The number of nitrogens with zero attached hydrogens (tertiary/aromatic N) is 2. The molecule has 1 aliphatic carbocycles. The van der Waals surface area contributed by atoms with E-state index in [0.29, 0.717) is 17.4 Å². The minimum absolute atomic E-state index is 0.130. The Morgan fingerprint density at radius 3 is 2.52 bits per heavy atom. The number of imidazole rings is 1. The molecule has 1 heterocycles. The van der Waals surface area contributed by atoms with Crippen molar-refractivity contribution in [3.63, 3.8) is 0 Å². The number of anilines is 1. The third-order valence-corrected chi connectivity index (χ3v) is 4.01. The van der Waals surface area contributed by atoms with E-state index in [0.717, 1.165) is 29.8 Å². The molecule has 2 aromatic rings. The molecule has 0 radical (unpaired) electrons. The zero-order chi connectivity index (χ0) is 15.4.